The predicted molar refractivity (Wildman–Crippen MR) is 144 cm³/mol. The van der Waals surface area contributed by atoms with Gasteiger partial charge in [0.05, 0.1) is 10.6 Å². The minimum atomic E-state index is -0.482. The van der Waals surface area contributed by atoms with Gasteiger partial charge in [-0.15, -0.1) is 0 Å². The smallest absolute Gasteiger partial charge is 0.410 e. The lowest BCUT2D eigenvalue weighted by molar-refractivity contribution is 0.0139. The summed E-state index contributed by atoms with van der Waals surface area (Å²) in [6.07, 6.45) is 11.6. The number of ether oxygens (including phenoxy) is 2. The van der Waals surface area contributed by atoms with Gasteiger partial charge in [0.25, 0.3) is 0 Å². The molecular formula is C26H34N8O3S. The van der Waals surface area contributed by atoms with Crippen molar-refractivity contribution in [3.8, 4) is 16.6 Å². The fourth-order valence-corrected chi connectivity index (χ4v) is 5.19. The molecule has 3 aromatic heterocycles. The van der Waals surface area contributed by atoms with E-state index in [1.54, 1.807) is 17.3 Å². The monoisotopic (exact) mass is 538 g/mol. The molecule has 0 bridgehead atoms. The van der Waals surface area contributed by atoms with Crippen molar-refractivity contribution in [1.82, 2.24) is 34.7 Å². The highest BCUT2D eigenvalue weighted by atomic mass is 32.1. The molecule has 0 aromatic carbocycles. The highest BCUT2D eigenvalue weighted by Crippen LogP contribution is 2.30. The summed E-state index contributed by atoms with van der Waals surface area (Å²) in [6.45, 7) is 9.21. The molecule has 2 aliphatic rings. The van der Waals surface area contributed by atoms with Gasteiger partial charge in [-0.05, 0) is 52.5 Å². The standard InChI is InChI=1S/C26H34N8O3S/c1-26(2,3)37-25(35)34-12-10-33(11-13-34)17-18-14-28-22(29-15-18)32-24-30-16-21(38-24)20-8-9-27-23(31-20)36-19-6-4-5-7-19/h8-9,14-16,19H,4-7,10-13,17H2,1-3H3,(H,28,29,30,32). The van der Waals surface area contributed by atoms with E-state index in [2.05, 4.69) is 35.1 Å². The molecule has 3 aromatic rings. The van der Waals surface area contributed by atoms with Crippen LogP contribution in [0.4, 0.5) is 15.9 Å². The van der Waals surface area contributed by atoms with E-state index in [0.717, 1.165) is 48.6 Å². The summed E-state index contributed by atoms with van der Waals surface area (Å²) in [5, 5.41) is 3.86. The van der Waals surface area contributed by atoms with Crippen LogP contribution in [0, 0.1) is 0 Å². The van der Waals surface area contributed by atoms with Crippen LogP contribution in [0.25, 0.3) is 10.6 Å². The van der Waals surface area contributed by atoms with Gasteiger partial charge in [-0.1, -0.05) is 11.3 Å². The van der Waals surface area contributed by atoms with Crippen LogP contribution in [0.3, 0.4) is 0 Å². The third kappa shape index (κ3) is 7.13. The normalized spacial score (nSPS) is 17.0. The van der Waals surface area contributed by atoms with E-state index in [0.29, 0.717) is 30.2 Å². The Balaban J connectivity index is 1.11. The van der Waals surface area contributed by atoms with Gasteiger partial charge in [0.2, 0.25) is 5.95 Å². The van der Waals surface area contributed by atoms with E-state index >= 15 is 0 Å². The van der Waals surface area contributed by atoms with Gasteiger partial charge in [0.1, 0.15) is 11.7 Å². The van der Waals surface area contributed by atoms with E-state index in [1.165, 1.54) is 24.2 Å². The van der Waals surface area contributed by atoms with Gasteiger partial charge in [-0.3, -0.25) is 4.90 Å². The second-order valence-electron chi connectivity index (χ2n) is 10.6. The molecule has 12 heteroatoms. The number of rotatable bonds is 7. The minimum Gasteiger partial charge on any atom is -0.460 e. The van der Waals surface area contributed by atoms with Gasteiger partial charge >= 0.3 is 12.1 Å². The SMILES string of the molecule is CC(C)(C)OC(=O)N1CCN(Cc2cnc(Nc3ncc(-c4ccnc(OC5CCCC5)n4)s3)nc2)CC1. The zero-order valence-electron chi connectivity index (χ0n) is 22.1. The number of nitrogens with one attached hydrogen (secondary N) is 1. The third-order valence-corrected chi connectivity index (χ3v) is 7.26. The van der Waals surface area contributed by atoms with Crippen molar-refractivity contribution in [3.63, 3.8) is 0 Å². The van der Waals surface area contributed by atoms with Crippen LogP contribution >= 0.6 is 11.3 Å². The van der Waals surface area contributed by atoms with Crippen molar-refractivity contribution >= 4 is 28.5 Å². The Labute approximate surface area is 226 Å². The first-order valence-corrected chi connectivity index (χ1v) is 13.9. The maximum atomic E-state index is 12.3. The number of hydrogen-bond acceptors (Lipinski definition) is 11. The fourth-order valence-electron chi connectivity index (χ4n) is 4.41. The zero-order valence-corrected chi connectivity index (χ0v) is 22.9. The number of piperazine rings is 1. The van der Waals surface area contributed by atoms with Crippen molar-refractivity contribution in [2.45, 2.75) is 64.7 Å². The topological polar surface area (TPSA) is 118 Å². The molecule has 2 fully saturated rings. The lowest BCUT2D eigenvalue weighted by Crippen LogP contribution is -2.49. The van der Waals surface area contributed by atoms with Crippen molar-refractivity contribution in [2.75, 3.05) is 31.5 Å². The largest absolute Gasteiger partial charge is 0.460 e. The Bertz CT molecular complexity index is 1220. The molecule has 0 atom stereocenters. The molecule has 1 saturated heterocycles. The van der Waals surface area contributed by atoms with Crippen LogP contribution in [-0.2, 0) is 11.3 Å². The van der Waals surface area contributed by atoms with E-state index in [9.17, 15) is 4.79 Å². The highest BCUT2D eigenvalue weighted by Gasteiger charge is 2.26. The summed E-state index contributed by atoms with van der Waals surface area (Å²) >= 11 is 1.47. The van der Waals surface area contributed by atoms with Gasteiger partial charge in [-0.2, -0.15) is 4.98 Å². The Hall–Kier alpha value is -3.38. The van der Waals surface area contributed by atoms with Crippen molar-refractivity contribution < 1.29 is 14.3 Å². The first kappa shape index (κ1) is 26.2. The second-order valence-corrected chi connectivity index (χ2v) is 11.6. The maximum Gasteiger partial charge on any atom is 0.410 e. The Morgan fingerprint density at radius 1 is 1.05 bits per heavy atom. The van der Waals surface area contributed by atoms with Crippen molar-refractivity contribution in [3.05, 3.63) is 36.4 Å². The number of carbonyl (C=O) groups excluding carboxylic acids is 1. The summed E-state index contributed by atoms with van der Waals surface area (Å²) in [5.74, 6) is 0.484. The Morgan fingerprint density at radius 2 is 1.79 bits per heavy atom. The summed E-state index contributed by atoms with van der Waals surface area (Å²) in [4.78, 5) is 39.4. The van der Waals surface area contributed by atoms with Gasteiger partial charge < -0.3 is 19.7 Å². The van der Waals surface area contributed by atoms with Crippen LogP contribution < -0.4 is 10.1 Å². The highest BCUT2D eigenvalue weighted by molar-refractivity contribution is 7.18. The summed E-state index contributed by atoms with van der Waals surface area (Å²) in [6, 6.07) is 2.28. The molecular weight excluding hydrogens is 504 g/mol. The molecule has 1 aliphatic heterocycles. The van der Waals surface area contributed by atoms with Crippen LogP contribution in [0.15, 0.2) is 30.9 Å². The molecule has 4 heterocycles. The zero-order chi connectivity index (χ0) is 26.5. The molecule has 1 amide bonds. The molecule has 202 valence electrons. The Kier molecular flexibility index (Phi) is 7.98. The van der Waals surface area contributed by atoms with Gasteiger partial charge in [0, 0.05) is 63.1 Å². The van der Waals surface area contributed by atoms with Crippen LogP contribution in [-0.4, -0.2) is 78.7 Å². The number of anilines is 2. The van der Waals surface area contributed by atoms with Crippen LogP contribution in [0.1, 0.15) is 52.0 Å². The third-order valence-electron chi connectivity index (χ3n) is 6.32. The molecule has 0 radical (unpaired) electrons. The second kappa shape index (κ2) is 11.6. The molecule has 11 nitrogen and oxygen atoms in total. The van der Waals surface area contributed by atoms with Crippen molar-refractivity contribution in [2.24, 2.45) is 0 Å². The number of carbonyl (C=O) groups is 1. The molecule has 0 unspecified atom stereocenters. The van der Waals surface area contributed by atoms with E-state index in [-0.39, 0.29) is 12.2 Å². The number of hydrogen-bond donors (Lipinski definition) is 1. The Morgan fingerprint density at radius 3 is 2.50 bits per heavy atom. The number of aromatic nitrogens is 5. The fraction of sp³-hybridized carbons (Fsp3) is 0.538. The molecule has 5 rings (SSSR count). The predicted octanol–water partition coefficient (Wildman–Crippen LogP) is 4.51. The molecule has 1 N–H and O–H groups in total. The maximum absolute atomic E-state index is 12.3. The van der Waals surface area contributed by atoms with Crippen molar-refractivity contribution in [1.29, 1.82) is 0 Å². The van der Waals surface area contributed by atoms with E-state index in [4.69, 9.17) is 9.47 Å². The van der Waals surface area contributed by atoms with E-state index in [1.807, 2.05) is 39.2 Å². The average Bonchev–Trinajstić information content (AvgIpc) is 3.57. The first-order valence-electron chi connectivity index (χ1n) is 13.0. The average molecular weight is 539 g/mol. The number of thiazole rings is 1. The lowest BCUT2D eigenvalue weighted by atomic mass is 10.2. The number of nitrogens with zero attached hydrogens (tertiary/aromatic N) is 7. The summed E-state index contributed by atoms with van der Waals surface area (Å²) < 4.78 is 11.4. The molecule has 1 saturated carbocycles. The van der Waals surface area contributed by atoms with Gasteiger partial charge in [0.15, 0.2) is 5.13 Å². The molecule has 1 aliphatic carbocycles. The first-order chi connectivity index (χ1) is 18.3. The summed E-state index contributed by atoms with van der Waals surface area (Å²) in [5.41, 5.74) is 1.31. The van der Waals surface area contributed by atoms with E-state index < -0.39 is 5.60 Å². The molecule has 38 heavy (non-hydrogen) atoms. The minimum absolute atomic E-state index is 0.214. The molecule has 0 spiro atoms. The lowest BCUT2D eigenvalue weighted by Gasteiger charge is -2.35. The number of amides is 1. The summed E-state index contributed by atoms with van der Waals surface area (Å²) in [7, 11) is 0. The van der Waals surface area contributed by atoms with Gasteiger partial charge in [-0.25, -0.2) is 24.7 Å². The quantitative estimate of drug-likeness (QED) is 0.460. The van der Waals surface area contributed by atoms with Crippen LogP contribution in [0.5, 0.6) is 6.01 Å². The van der Waals surface area contributed by atoms with Crippen LogP contribution in [0.2, 0.25) is 0 Å².